The first kappa shape index (κ1) is 27.4. The summed E-state index contributed by atoms with van der Waals surface area (Å²) < 4.78 is 31.9. The molecule has 1 amide bonds. The normalized spacial score (nSPS) is 22.8. The maximum Gasteiger partial charge on any atom is 0.695 e. The van der Waals surface area contributed by atoms with Gasteiger partial charge in [-0.05, 0) is 36.7 Å². The molecule has 1 aliphatic heterocycles. The Balaban J connectivity index is 1.72. The first-order valence-electron chi connectivity index (χ1n) is 12.1. The first-order valence-corrected chi connectivity index (χ1v) is 16.2. The van der Waals surface area contributed by atoms with E-state index in [-0.39, 0.29) is 16.8 Å². The van der Waals surface area contributed by atoms with Crippen molar-refractivity contribution < 1.29 is 27.9 Å². The molecule has 1 aromatic carbocycles. The van der Waals surface area contributed by atoms with E-state index in [1.54, 1.807) is 35.0 Å². The maximum absolute atomic E-state index is 12.7. The number of imidazole rings is 1. The highest BCUT2D eigenvalue weighted by Crippen LogP contribution is 2.46. The van der Waals surface area contributed by atoms with E-state index in [0.29, 0.717) is 23.3 Å². The highest BCUT2D eigenvalue weighted by molar-refractivity contribution is 7.32. The Kier molecular flexibility index (Phi) is 7.89. The minimum atomic E-state index is -2.88. The second-order valence-corrected chi connectivity index (χ2v) is 15.9. The zero-order chi connectivity index (χ0) is 27.0. The largest absolute Gasteiger partial charge is 0.695 e. The van der Waals surface area contributed by atoms with Crippen LogP contribution in [0.25, 0.3) is 5.65 Å². The van der Waals surface area contributed by atoms with E-state index in [0.717, 1.165) is 0 Å². The highest BCUT2D eigenvalue weighted by atomic mass is 31.1. The number of fused-ring (bicyclic) bond motifs is 1. The lowest BCUT2D eigenvalue weighted by atomic mass is 10.0. The second-order valence-electron chi connectivity index (χ2n) is 10.5. The molecule has 11 nitrogen and oxygen atoms in total. The van der Waals surface area contributed by atoms with Crippen molar-refractivity contribution in [1.82, 2.24) is 19.6 Å². The van der Waals surface area contributed by atoms with Crippen molar-refractivity contribution in [3.8, 4) is 0 Å². The third-order valence-corrected chi connectivity index (χ3v) is 11.9. The number of nitrogens with one attached hydrogen (secondary N) is 1. The van der Waals surface area contributed by atoms with Crippen LogP contribution < -0.4 is 5.32 Å². The number of carbonyl (C=O) groups excluding carboxylic acids is 1. The van der Waals surface area contributed by atoms with Gasteiger partial charge in [-0.25, -0.2) is 14.5 Å². The van der Waals surface area contributed by atoms with Crippen LogP contribution in [0.2, 0.25) is 18.1 Å². The molecule has 4 rings (SSSR count). The number of hydrogen-bond acceptors (Lipinski definition) is 8. The fraction of sp³-hybridized carbons (Fsp3) is 0.500. The van der Waals surface area contributed by atoms with E-state index in [4.69, 9.17) is 13.7 Å². The Labute approximate surface area is 217 Å². The molecule has 13 heteroatoms. The Morgan fingerprint density at radius 1 is 1.22 bits per heavy atom. The second kappa shape index (κ2) is 10.6. The molecule has 5 atom stereocenters. The van der Waals surface area contributed by atoms with Crippen molar-refractivity contribution in [2.24, 2.45) is 0 Å². The summed E-state index contributed by atoms with van der Waals surface area (Å²) in [5.41, 5.74) is 1.38. The van der Waals surface area contributed by atoms with Gasteiger partial charge in [0.1, 0.15) is 18.5 Å². The summed E-state index contributed by atoms with van der Waals surface area (Å²) in [5, 5.41) is 7.04. The van der Waals surface area contributed by atoms with Crippen LogP contribution in [0.5, 0.6) is 0 Å². The monoisotopic (exact) mass is 546 g/mol. The fourth-order valence-corrected chi connectivity index (χ4v) is 5.81. The molecule has 0 bridgehead atoms. The van der Waals surface area contributed by atoms with Crippen LogP contribution in [0, 0.1) is 0 Å². The molecular formula is C24H33N5O6PSi+. The van der Waals surface area contributed by atoms with Gasteiger partial charge in [0.05, 0.1) is 18.0 Å². The van der Waals surface area contributed by atoms with Crippen molar-refractivity contribution in [3.63, 3.8) is 0 Å². The van der Waals surface area contributed by atoms with Gasteiger partial charge in [0.15, 0.2) is 25.9 Å². The molecule has 2 unspecified atom stereocenters. The van der Waals surface area contributed by atoms with Crippen molar-refractivity contribution in [2.45, 2.75) is 76.7 Å². The van der Waals surface area contributed by atoms with Crippen molar-refractivity contribution in [3.05, 3.63) is 54.1 Å². The Hall–Kier alpha value is -2.60. The van der Waals surface area contributed by atoms with Crippen molar-refractivity contribution in [1.29, 1.82) is 0 Å². The molecule has 198 valence electrons. The molecular weight excluding hydrogens is 513 g/mol. The summed E-state index contributed by atoms with van der Waals surface area (Å²) in [6.07, 6.45) is 0.885. The first-order chi connectivity index (χ1) is 17.4. The number of carbonyl (C=O) groups is 1. The van der Waals surface area contributed by atoms with Gasteiger partial charge in [-0.3, -0.25) is 4.79 Å². The Bertz CT molecular complexity index is 1280. The molecule has 0 saturated carbocycles. The predicted molar refractivity (Wildman–Crippen MR) is 140 cm³/mol. The van der Waals surface area contributed by atoms with Crippen LogP contribution in [0.1, 0.15) is 56.3 Å². The summed E-state index contributed by atoms with van der Waals surface area (Å²) in [4.78, 5) is 31.0. The summed E-state index contributed by atoms with van der Waals surface area (Å²) in [6, 6.07) is 8.80. The summed E-state index contributed by atoms with van der Waals surface area (Å²) in [5.74, 6) is -0.0819. The van der Waals surface area contributed by atoms with Gasteiger partial charge in [-0.2, -0.15) is 5.10 Å². The molecule has 0 aliphatic carbocycles. The Morgan fingerprint density at radius 2 is 1.92 bits per heavy atom. The lowest BCUT2D eigenvalue weighted by Gasteiger charge is -2.39. The van der Waals surface area contributed by atoms with Gasteiger partial charge < -0.3 is 14.5 Å². The van der Waals surface area contributed by atoms with Crippen molar-refractivity contribution in [2.75, 3.05) is 5.32 Å². The van der Waals surface area contributed by atoms with Crippen LogP contribution in [-0.4, -0.2) is 57.0 Å². The molecule has 1 saturated heterocycles. The van der Waals surface area contributed by atoms with E-state index in [1.807, 2.05) is 13.0 Å². The number of amides is 1. The number of anilines is 1. The average molecular weight is 547 g/mol. The zero-order valence-corrected chi connectivity index (χ0v) is 23.7. The summed E-state index contributed by atoms with van der Waals surface area (Å²) in [6.45, 7) is 12.5. The number of benzene rings is 1. The molecule has 3 aromatic rings. The van der Waals surface area contributed by atoms with E-state index >= 15 is 0 Å². The third kappa shape index (κ3) is 5.64. The minimum absolute atomic E-state index is 0.121. The standard InChI is InChI=1S/C24H32N5O6PSi/c1-7-17-19(34-36(31)32)20(35-37(5,6)24(2,3)4)18(33-17)16-13-25-22-21(26-14-27-29(16)22)28-23(30)15-11-9-8-10-12-15/h8-14,17-20H,7H2,1-6H3,(H-,26,27,28,30,31,32)/p+1/t17-,18+,19?,20-/m1/s1. The van der Waals surface area contributed by atoms with Gasteiger partial charge in [-0.15, -0.1) is 9.42 Å². The minimum Gasteiger partial charge on any atom is -0.408 e. The lowest BCUT2D eigenvalue weighted by Crippen LogP contribution is -2.48. The molecule has 1 aliphatic rings. The summed E-state index contributed by atoms with van der Waals surface area (Å²) >= 11 is 0. The Morgan fingerprint density at radius 3 is 2.54 bits per heavy atom. The number of ether oxygens (including phenoxy) is 1. The smallest absolute Gasteiger partial charge is 0.408 e. The fourth-order valence-electron chi connectivity index (χ4n) is 4.06. The topological polar surface area (TPSA) is 137 Å². The van der Waals surface area contributed by atoms with Gasteiger partial charge in [0, 0.05) is 10.1 Å². The van der Waals surface area contributed by atoms with E-state index in [2.05, 4.69) is 54.2 Å². The zero-order valence-electron chi connectivity index (χ0n) is 21.8. The number of hydrogen-bond donors (Lipinski definition) is 2. The summed E-state index contributed by atoms with van der Waals surface area (Å²) in [7, 11) is -5.23. The number of rotatable bonds is 8. The quantitative estimate of drug-likeness (QED) is 0.305. The maximum atomic E-state index is 12.7. The molecule has 3 heterocycles. The van der Waals surface area contributed by atoms with Crippen LogP contribution >= 0.6 is 8.25 Å². The molecule has 0 radical (unpaired) electrons. The van der Waals surface area contributed by atoms with Crippen LogP contribution in [-0.2, 0) is 18.3 Å². The van der Waals surface area contributed by atoms with Gasteiger partial charge in [-0.1, -0.05) is 45.9 Å². The SMILES string of the molecule is CC[C@H]1O[C@@H](c2cnc3c(NC(=O)c4ccccc4)ncnn23)[C@@H](O[Si](C)(C)C(C)(C)C)C1O[P+](=O)O. The predicted octanol–water partition coefficient (Wildman–Crippen LogP) is 4.65. The highest BCUT2D eigenvalue weighted by Gasteiger charge is 2.54. The molecule has 1 fully saturated rings. The van der Waals surface area contributed by atoms with Crippen molar-refractivity contribution >= 4 is 33.9 Å². The third-order valence-electron chi connectivity index (χ3n) is 7.05. The molecule has 2 aromatic heterocycles. The van der Waals surface area contributed by atoms with Gasteiger partial charge in [0.25, 0.3) is 5.91 Å². The number of nitrogens with zero attached hydrogens (tertiary/aromatic N) is 4. The van der Waals surface area contributed by atoms with Crippen LogP contribution in [0.15, 0.2) is 42.9 Å². The lowest BCUT2D eigenvalue weighted by molar-refractivity contribution is 0.00534. The number of aromatic nitrogens is 4. The average Bonchev–Trinajstić information content (AvgIpc) is 3.40. The molecule has 37 heavy (non-hydrogen) atoms. The van der Waals surface area contributed by atoms with E-state index in [1.165, 1.54) is 6.33 Å². The van der Waals surface area contributed by atoms with Gasteiger partial charge >= 0.3 is 8.25 Å². The molecule has 2 N–H and O–H groups in total. The van der Waals surface area contributed by atoms with E-state index < -0.39 is 41.0 Å². The molecule has 0 spiro atoms. The van der Waals surface area contributed by atoms with Gasteiger partial charge in [0.2, 0.25) is 0 Å². The van der Waals surface area contributed by atoms with Crippen LogP contribution in [0.4, 0.5) is 5.82 Å². The van der Waals surface area contributed by atoms with E-state index in [9.17, 15) is 14.3 Å². The van der Waals surface area contributed by atoms with Crippen LogP contribution in [0.3, 0.4) is 0 Å².